The van der Waals surface area contributed by atoms with Gasteiger partial charge in [-0.2, -0.15) is 5.10 Å². The number of carbonyl (C=O) groups excluding carboxylic acids is 1. The fourth-order valence-electron chi connectivity index (χ4n) is 4.99. The van der Waals surface area contributed by atoms with Gasteiger partial charge in [-0.15, -0.1) is 0 Å². The first-order valence-electron chi connectivity index (χ1n) is 12.1. The molecular weight excluding hydrogens is 517 g/mol. The maximum absolute atomic E-state index is 12.7. The second-order valence-electron chi connectivity index (χ2n) is 9.49. The lowest BCUT2D eigenvalue weighted by atomic mass is 10.1. The molecule has 0 aliphatic carbocycles. The Bertz CT molecular complexity index is 1440. The van der Waals surface area contributed by atoms with E-state index in [2.05, 4.69) is 20.2 Å². The number of benzene rings is 1. The van der Waals surface area contributed by atoms with Crippen molar-refractivity contribution in [3.8, 4) is 17.3 Å². The fraction of sp³-hybridized carbons (Fsp3) is 0.360. The first-order valence-corrected chi connectivity index (χ1v) is 12.8. The average Bonchev–Trinajstić information content (AvgIpc) is 3.62. The molecule has 5 heterocycles. The van der Waals surface area contributed by atoms with Crippen molar-refractivity contribution in [2.24, 2.45) is 0 Å². The predicted molar refractivity (Wildman–Crippen MR) is 138 cm³/mol. The molecule has 3 aromatic heterocycles. The number of fused-ring (bicyclic) bond motifs is 2. The van der Waals surface area contributed by atoms with Gasteiger partial charge in [-0.05, 0) is 31.5 Å². The van der Waals surface area contributed by atoms with E-state index in [1.54, 1.807) is 17.3 Å². The topological polar surface area (TPSA) is 123 Å². The maximum atomic E-state index is 12.7. The molecule has 2 aliphatic rings. The zero-order valence-corrected chi connectivity index (χ0v) is 21.6. The van der Waals surface area contributed by atoms with E-state index in [0.717, 1.165) is 28.8 Å². The Kier molecular flexibility index (Phi) is 6.28. The van der Waals surface area contributed by atoms with Crippen LogP contribution in [0.3, 0.4) is 0 Å². The van der Waals surface area contributed by atoms with Crippen LogP contribution in [0.5, 0.6) is 5.75 Å². The van der Waals surface area contributed by atoms with Crippen molar-refractivity contribution in [2.45, 2.75) is 38.6 Å². The number of nitrogens with zero attached hydrogens (tertiary/aromatic N) is 5. The average molecular weight is 542 g/mol. The fourth-order valence-corrected chi connectivity index (χ4v) is 5.66. The number of hydrogen-bond donors (Lipinski definition) is 3. The number of halogens is 2. The third-order valence-corrected chi connectivity index (χ3v) is 7.48. The summed E-state index contributed by atoms with van der Waals surface area (Å²) in [5, 5.41) is 19.0. The third kappa shape index (κ3) is 4.66. The Morgan fingerprint density at radius 2 is 2.08 bits per heavy atom. The number of carbonyl (C=O) groups is 1. The largest absolute Gasteiger partial charge is 0.486 e. The highest BCUT2D eigenvalue weighted by Gasteiger charge is 2.30. The Labute approximate surface area is 222 Å². The lowest BCUT2D eigenvalue weighted by molar-refractivity contribution is -0.132. The van der Waals surface area contributed by atoms with Crippen molar-refractivity contribution in [1.29, 1.82) is 0 Å². The lowest BCUT2D eigenvalue weighted by Gasteiger charge is -2.20. The molecular formula is C25H25Cl2N7O3. The molecule has 0 spiro atoms. The molecule has 0 saturated carbocycles. The van der Waals surface area contributed by atoms with Crippen molar-refractivity contribution in [1.82, 2.24) is 34.9 Å². The monoisotopic (exact) mass is 541 g/mol. The van der Waals surface area contributed by atoms with Gasteiger partial charge in [-0.3, -0.25) is 19.8 Å². The number of nitrogens with one attached hydrogen (secondary N) is 2. The van der Waals surface area contributed by atoms with Crippen LogP contribution < -0.4 is 4.74 Å². The number of aromatic nitrogens is 5. The Balaban J connectivity index is 1.19. The number of aliphatic hydroxyl groups is 1. The maximum Gasteiger partial charge on any atom is 0.237 e. The van der Waals surface area contributed by atoms with Gasteiger partial charge in [0, 0.05) is 36.4 Å². The number of amides is 1. The van der Waals surface area contributed by atoms with Gasteiger partial charge < -0.3 is 19.7 Å². The van der Waals surface area contributed by atoms with Gasteiger partial charge in [0.15, 0.2) is 5.82 Å². The summed E-state index contributed by atoms with van der Waals surface area (Å²) in [7, 11) is 0. The first-order chi connectivity index (χ1) is 17.9. The Morgan fingerprint density at radius 3 is 2.81 bits per heavy atom. The van der Waals surface area contributed by atoms with Crippen LogP contribution >= 0.6 is 23.2 Å². The number of hydrogen-bond acceptors (Lipinski definition) is 7. The summed E-state index contributed by atoms with van der Waals surface area (Å²) < 4.78 is 6.16. The number of aliphatic hydroxyl groups excluding tert-OH is 1. The molecule has 1 fully saturated rings. The molecule has 2 aliphatic heterocycles. The van der Waals surface area contributed by atoms with Crippen molar-refractivity contribution in [2.75, 3.05) is 19.6 Å². The zero-order valence-electron chi connectivity index (χ0n) is 20.0. The van der Waals surface area contributed by atoms with Crippen LogP contribution in [0, 0.1) is 0 Å². The predicted octanol–water partition coefficient (Wildman–Crippen LogP) is 3.70. The minimum atomic E-state index is -0.393. The Hall–Kier alpha value is -3.18. The molecule has 192 valence electrons. The van der Waals surface area contributed by atoms with Gasteiger partial charge in [0.1, 0.15) is 17.5 Å². The Morgan fingerprint density at radius 1 is 1.27 bits per heavy atom. The molecule has 0 bridgehead atoms. The molecule has 1 aromatic carbocycles. The van der Waals surface area contributed by atoms with Crippen LogP contribution in [0.1, 0.15) is 36.4 Å². The molecule has 2 atom stereocenters. The van der Waals surface area contributed by atoms with Crippen molar-refractivity contribution >= 4 is 40.0 Å². The number of ether oxygens (including phenoxy) is 1. The van der Waals surface area contributed by atoms with Gasteiger partial charge in [0.05, 0.1) is 52.7 Å². The third-order valence-electron chi connectivity index (χ3n) is 6.88. The van der Waals surface area contributed by atoms with Crippen LogP contribution in [-0.4, -0.2) is 71.7 Å². The van der Waals surface area contributed by atoms with Gasteiger partial charge >= 0.3 is 0 Å². The summed E-state index contributed by atoms with van der Waals surface area (Å²) in [5.74, 6) is 1.31. The van der Waals surface area contributed by atoms with Gasteiger partial charge in [-0.25, -0.2) is 4.98 Å². The number of rotatable bonds is 6. The molecule has 2 unspecified atom stereocenters. The number of pyridine rings is 1. The quantitative estimate of drug-likeness (QED) is 0.340. The summed E-state index contributed by atoms with van der Waals surface area (Å²) in [6, 6.07) is 5.66. The van der Waals surface area contributed by atoms with E-state index in [0.29, 0.717) is 65.5 Å². The van der Waals surface area contributed by atoms with Crippen LogP contribution in [-0.2, 0) is 17.9 Å². The lowest BCUT2D eigenvalue weighted by Crippen LogP contribution is -2.37. The highest BCUT2D eigenvalue weighted by atomic mass is 35.5. The normalized spacial score (nSPS) is 18.5. The molecule has 0 radical (unpaired) electrons. The number of aromatic amines is 2. The summed E-state index contributed by atoms with van der Waals surface area (Å²) in [5.41, 5.74) is 3.93. The number of likely N-dealkylation sites (tertiary alicyclic amines) is 1. The van der Waals surface area contributed by atoms with Crippen LogP contribution in [0.25, 0.3) is 22.4 Å². The van der Waals surface area contributed by atoms with E-state index in [9.17, 15) is 9.90 Å². The molecule has 1 amide bonds. The zero-order chi connectivity index (χ0) is 25.7. The molecule has 10 nitrogen and oxygen atoms in total. The van der Waals surface area contributed by atoms with Crippen LogP contribution in [0.2, 0.25) is 10.0 Å². The molecule has 12 heteroatoms. The van der Waals surface area contributed by atoms with E-state index in [1.807, 2.05) is 30.0 Å². The summed E-state index contributed by atoms with van der Waals surface area (Å²) in [6.07, 6.45) is 3.07. The second kappa shape index (κ2) is 9.60. The van der Waals surface area contributed by atoms with Gasteiger partial charge in [-0.1, -0.05) is 23.2 Å². The number of imidazole rings is 1. The smallest absolute Gasteiger partial charge is 0.237 e. The van der Waals surface area contributed by atoms with Crippen LogP contribution in [0.15, 0.2) is 30.6 Å². The molecule has 1 saturated heterocycles. The van der Waals surface area contributed by atoms with Gasteiger partial charge in [0.2, 0.25) is 5.91 Å². The van der Waals surface area contributed by atoms with Crippen molar-refractivity contribution in [3.05, 3.63) is 57.6 Å². The summed E-state index contributed by atoms with van der Waals surface area (Å²) >= 11 is 12.6. The highest BCUT2D eigenvalue weighted by Crippen LogP contribution is 2.35. The first kappa shape index (κ1) is 24.2. The molecule has 6 rings (SSSR count). The van der Waals surface area contributed by atoms with Crippen molar-refractivity contribution in [3.63, 3.8) is 0 Å². The molecule has 3 N–H and O–H groups in total. The minimum absolute atomic E-state index is 0.0394. The van der Waals surface area contributed by atoms with E-state index < -0.39 is 6.10 Å². The summed E-state index contributed by atoms with van der Waals surface area (Å²) in [6.45, 7) is 4.40. The van der Waals surface area contributed by atoms with E-state index in [-0.39, 0.29) is 12.0 Å². The van der Waals surface area contributed by atoms with Gasteiger partial charge in [0.25, 0.3) is 0 Å². The second-order valence-corrected chi connectivity index (χ2v) is 10.3. The molecule has 37 heavy (non-hydrogen) atoms. The number of β-amino-alcohol motifs (C(OH)–C–C–N with tert-alkyl or cyclic N) is 1. The summed E-state index contributed by atoms with van der Waals surface area (Å²) in [4.78, 5) is 28.6. The number of H-pyrrole nitrogens is 2. The van der Waals surface area contributed by atoms with E-state index >= 15 is 0 Å². The van der Waals surface area contributed by atoms with E-state index in [4.69, 9.17) is 32.9 Å². The van der Waals surface area contributed by atoms with Crippen LogP contribution in [0.4, 0.5) is 0 Å². The highest BCUT2D eigenvalue weighted by molar-refractivity contribution is 6.35. The molecule has 4 aromatic rings. The SMILES string of the molecule is CC(Oc1ccc2[nH]nc(-c3nc4c([nH]3)CN(C(=O)CN3CCC(O)C3)C4)c2c1)c1c(Cl)cncc1Cl. The minimum Gasteiger partial charge on any atom is -0.486 e. The van der Waals surface area contributed by atoms with E-state index in [1.165, 1.54) is 0 Å². The van der Waals surface area contributed by atoms with Crippen molar-refractivity contribution < 1.29 is 14.6 Å². The standard InChI is InChI=1S/C25H25Cl2N7O3/c1-13(23-17(26)7-28-8-18(23)27)37-15-2-3-19-16(6-15)24(32-31-19)25-29-20-10-34(11-21(20)30-25)22(36)12-33-5-4-14(35)9-33/h2-3,6-8,13-14,35H,4-5,9-12H2,1H3,(H,29,30)(H,31,32).